The SMILES string of the molecule is CCC(NC1CCCN(CC)C1)c1ccc(O)cc1. The topological polar surface area (TPSA) is 35.5 Å². The van der Waals surface area contributed by atoms with Crippen molar-refractivity contribution in [2.45, 2.75) is 45.2 Å². The van der Waals surface area contributed by atoms with Crippen molar-refractivity contribution >= 4 is 0 Å². The maximum atomic E-state index is 9.37. The lowest BCUT2D eigenvalue weighted by molar-refractivity contribution is 0.189. The molecule has 1 aromatic carbocycles. The van der Waals surface area contributed by atoms with Crippen molar-refractivity contribution in [2.75, 3.05) is 19.6 Å². The summed E-state index contributed by atoms with van der Waals surface area (Å²) < 4.78 is 0. The second-order valence-electron chi connectivity index (χ2n) is 5.45. The standard InChI is InChI=1S/C16H26N2O/c1-3-16(13-7-9-15(19)10-8-13)17-14-6-5-11-18(4-2)12-14/h7-10,14,16-17,19H,3-6,11-12H2,1-2H3. The molecule has 0 saturated carbocycles. The first-order valence-corrected chi connectivity index (χ1v) is 7.50. The van der Waals surface area contributed by atoms with E-state index in [4.69, 9.17) is 0 Å². The summed E-state index contributed by atoms with van der Waals surface area (Å²) in [6.07, 6.45) is 3.63. The van der Waals surface area contributed by atoms with E-state index in [-0.39, 0.29) is 0 Å². The maximum Gasteiger partial charge on any atom is 0.115 e. The number of hydrogen-bond donors (Lipinski definition) is 2. The minimum atomic E-state index is 0.341. The Morgan fingerprint density at radius 2 is 2.05 bits per heavy atom. The van der Waals surface area contributed by atoms with E-state index in [1.165, 1.54) is 24.9 Å². The summed E-state index contributed by atoms with van der Waals surface area (Å²) in [5.41, 5.74) is 1.27. The van der Waals surface area contributed by atoms with Gasteiger partial charge in [-0.05, 0) is 50.0 Å². The molecule has 19 heavy (non-hydrogen) atoms. The highest BCUT2D eigenvalue weighted by Gasteiger charge is 2.21. The molecule has 3 heteroatoms. The van der Waals surface area contributed by atoms with Gasteiger partial charge in [0.15, 0.2) is 0 Å². The van der Waals surface area contributed by atoms with Crippen LogP contribution >= 0.6 is 0 Å². The quantitative estimate of drug-likeness (QED) is 0.856. The lowest BCUT2D eigenvalue weighted by atomic mass is 10.00. The molecule has 0 bridgehead atoms. The van der Waals surface area contributed by atoms with E-state index < -0.39 is 0 Å². The molecular weight excluding hydrogens is 236 g/mol. The van der Waals surface area contributed by atoms with E-state index in [1.54, 1.807) is 12.1 Å². The fraction of sp³-hybridized carbons (Fsp3) is 0.625. The van der Waals surface area contributed by atoms with Gasteiger partial charge in [-0.2, -0.15) is 0 Å². The van der Waals surface area contributed by atoms with Gasteiger partial charge < -0.3 is 15.3 Å². The van der Waals surface area contributed by atoms with Gasteiger partial charge in [0, 0.05) is 18.6 Å². The van der Waals surface area contributed by atoms with Crippen LogP contribution in [0.2, 0.25) is 0 Å². The fourth-order valence-electron chi connectivity index (χ4n) is 2.92. The second kappa shape index (κ2) is 6.92. The second-order valence-corrected chi connectivity index (χ2v) is 5.45. The third kappa shape index (κ3) is 3.95. The van der Waals surface area contributed by atoms with Crippen molar-refractivity contribution in [2.24, 2.45) is 0 Å². The summed E-state index contributed by atoms with van der Waals surface area (Å²) in [7, 11) is 0. The Balaban J connectivity index is 1.96. The van der Waals surface area contributed by atoms with Gasteiger partial charge in [0.25, 0.3) is 0 Å². The molecule has 1 fully saturated rings. The number of likely N-dealkylation sites (tertiary alicyclic amines) is 1. The van der Waals surface area contributed by atoms with Gasteiger partial charge in [0.1, 0.15) is 5.75 Å². The van der Waals surface area contributed by atoms with E-state index in [9.17, 15) is 5.11 Å². The summed E-state index contributed by atoms with van der Waals surface area (Å²) >= 11 is 0. The van der Waals surface area contributed by atoms with Crippen LogP contribution in [0.5, 0.6) is 5.75 Å². The van der Waals surface area contributed by atoms with Crippen LogP contribution in [0.15, 0.2) is 24.3 Å². The molecule has 0 spiro atoms. The van der Waals surface area contributed by atoms with Crippen molar-refractivity contribution in [1.82, 2.24) is 10.2 Å². The number of piperidine rings is 1. The smallest absolute Gasteiger partial charge is 0.115 e. The Kier molecular flexibility index (Phi) is 5.23. The van der Waals surface area contributed by atoms with Crippen LogP contribution in [0.1, 0.15) is 44.7 Å². The van der Waals surface area contributed by atoms with Crippen LogP contribution < -0.4 is 5.32 Å². The van der Waals surface area contributed by atoms with E-state index >= 15 is 0 Å². The summed E-state index contributed by atoms with van der Waals surface area (Å²) in [6, 6.07) is 8.58. The molecule has 106 valence electrons. The number of likely N-dealkylation sites (N-methyl/N-ethyl adjacent to an activating group) is 1. The lowest BCUT2D eigenvalue weighted by Crippen LogP contribution is -2.46. The van der Waals surface area contributed by atoms with Crippen molar-refractivity contribution in [3.8, 4) is 5.75 Å². The molecule has 3 nitrogen and oxygen atoms in total. The largest absolute Gasteiger partial charge is 0.508 e. The van der Waals surface area contributed by atoms with Crippen molar-refractivity contribution in [1.29, 1.82) is 0 Å². The Morgan fingerprint density at radius 1 is 1.32 bits per heavy atom. The molecule has 2 atom stereocenters. The Labute approximate surface area is 116 Å². The average molecular weight is 262 g/mol. The predicted molar refractivity (Wildman–Crippen MR) is 79.4 cm³/mol. The summed E-state index contributed by atoms with van der Waals surface area (Å²) in [6.45, 7) is 7.99. The van der Waals surface area contributed by atoms with Crippen LogP contribution in [0.25, 0.3) is 0 Å². The minimum Gasteiger partial charge on any atom is -0.508 e. The number of phenolic OH excluding ortho intramolecular Hbond substituents is 1. The Morgan fingerprint density at radius 3 is 2.68 bits per heavy atom. The average Bonchev–Trinajstić information content (AvgIpc) is 2.46. The van der Waals surface area contributed by atoms with Crippen LogP contribution in [-0.2, 0) is 0 Å². The zero-order chi connectivity index (χ0) is 13.7. The van der Waals surface area contributed by atoms with Crippen LogP contribution in [-0.4, -0.2) is 35.7 Å². The number of nitrogens with zero attached hydrogens (tertiary/aromatic N) is 1. The molecule has 1 saturated heterocycles. The molecule has 1 aromatic rings. The van der Waals surface area contributed by atoms with Gasteiger partial charge in [0.05, 0.1) is 0 Å². The number of rotatable bonds is 5. The molecule has 0 aliphatic carbocycles. The van der Waals surface area contributed by atoms with Crippen LogP contribution in [0, 0.1) is 0 Å². The van der Waals surface area contributed by atoms with Gasteiger partial charge >= 0.3 is 0 Å². The molecule has 2 unspecified atom stereocenters. The van der Waals surface area contributed by atoms with Crippen molar-refractivity contribution in [3.05, 3.63) is 29.8 Å². The first kappa shape index (κ1) is 14.4. The molecule has 1 aliphatic heterocycles. The summed E-state index contributed by atoms with van der Waals surface area (Å²) in [4.78, 5) is 2.52. The molecule has 0 radical (unpaired) electrons. The number of aromatic hydroxyl groups is 1. The van der Waals surface area contributed by atoms with E-state index in [1.807, 2.05) is 12.1 Å². The van der Waals surface area contributed by atoms with Crippen molar-refractivity contribution < 1.29 is 5.11 Å². The third-order valence-electron chi connectivity index (χ3n) is 4.09. The molecule has 2 rings (SSSR count). The van der Waals surface area contributed by atoms with E-state index in [0.29, 0.717) is 17.8 Å². The summed E-state index contributed by atoms with van der Waals surface area (Å²) in [5, 5.41) is 13.2. The molecule has 2 N–H and O–H groups in total. The van der Waals surface area contributed by atoms with E-state index in [0.717, 1.165) is 19.5 Å². The normalized spacial score (nSPS) is 22.3. The highest BCUT2D eigenvalue weighted by Crippen LogP contribution is 2.22. The first-order chi connectivity index (χ1) is 9.22. The lowest BCUT2D eigenvalue weighted by Gasteiger charge is -2.34. The molecule has 1 heterocycles. The zero-order valence-electron chi connectivity index (χ0n) is 12.1. The number of nitrogens with one attached hydrogen (secondary N) is 1. The third-order valence-corrected chi connectivity index (χ3v) is 4.09. The zero-order valence-corrected chi connectivity index (χ0v) is 12.1. The minimum absolute atomic E-state index is 0.341. The van der Waals surface area contributed by atoms with Gasteiger partial charge in [0.2, 0.25) is 0 Å². The maximum absolute atomic E-state index is 9.37. The highest BCUT2D eigenvalue weighted by atomic mass is 16.3. The Bertz CT molecular complexity index is 377. The van der Waals surface area contributed by atoms with Gasteiger partial charge in [-0.3, -0.25) is 0 Å². The Hall–Kier alpha value is -1.06. The number of phenols is 1. The molecule has 1 aliphatic rings. The van der Waals surface area contributed by atoms with E-state index in [2.05, 4.69) is 24.1 Å². The van der Waals surface area contributed by atoms with Crippen molar-refractivity contribution in [3.63, 3.8) is 0 Å². The molecule has 0 amide bonds. The molecular formula is C16H26N2O. The van der Waals surface area contributed by atoms with Crippen LogP contribution in [0.3, 0.4) is 0 Å². The number of benzene rings is 1. The van der Waals surface area contributed by atoms with Gasteiger partial charge in [-0.15, -0.1) is 0 Å². The predicted octanol–water partition coefficient (Wildman–Crippen LogP) is 2.92. The van der Waals surface area contributed by atoms with Gasteiger partial charge in [-0.1, -0.05) is 26.0 Å². The monoisotopic (exact) mass is 262 g/mol. The van der Waals surface area contributed by atoms with Crippen LogP contribution in [0.4, 0.5) is 0 Å². The summed E-state index contributed by atoms with van der Waals surface area (Å²) in [5.74, 6) is 0.341. The first-order valence-electron chi connectivity index (χ1n) is 7.50. The highest BCUT2D eigenvalue weighted by molar-refractivity contribution is 5.28. The van der Waals surface area contributed by atoms with Gasteiger partial charge in [-0.25, -0.2) is 0 Å². The number of hydrogen-bond acceptors (Lipinski definition) is 3. The fourth-order valence-corrected chi connectivity index (χ4v) is 2.92. The molecule has 0 aromatic heterocycles.